The molecule has 0 unspecified atom stereocenters. The summed E-state index contributed by atoms with van der Waals surface area (Å²) in [6, 6.07) is 13.3. The monoisotopic (exact) mass is 394 g/mol. The number of hydrogen-bond acceptors (Lipinski definition) is 3. The van der Waals surface area contributed by atoms with Crippen molar-refractivity contribution in [2.75, 3.05) is 25.5 Å². The maximum atomic E-state index is 12.7. The lowest BCUT2D eigenvalue weighted by molar-refractivity contribution is 0.0487. The Kier molecular flexibility index (Phi) is 6.93. The Balaban J connectivity index is 0.00000243. The molecule has 0 atom stereocenters. The number of aryl methyl sites for hydroxylation is 1. The Morgan fingerprint density at radius 1 is 1.23 bits per heavy atom. The van der Waals surface area contributed by atoms with E-state index in [1.807, 2.05) is 31.2 Å². The third-order valence-electron chi connectivity index (χ3n) is 4.98. The highest BCUT2D eigenvalue weighted by atomic mass is 35.5. The molecule has 6 heteroatoms. The van der Waals surface area contributed by atoms with Gasteiger partial charge in [0, 0.05) is 41.4 Å². The zero-order valence-electron chi connectivity index (χ0n) is 14.8. The molecular weight excluding hydrogens is 371 g/mol. The van der Waals surface area contributed by atoms with E-state index in [0.29, 0.717) is 36.0 Å². The van der Waals surface area contributed by atoms with Crippen LogP contribution in [0.25, 0.3) is 0 Å². The van der Waals surface area contributed by atoms with Gasteiger partial charge in [0.05, 0.1) is 0 Å². The molecule has 0 aromatic heterocycles. The molecule has 4 nitrogen and oxygen atoms in total. The Hall–Kier alpha value is -1.75. The van der Waals surface area contributed by atoms with Crippen LogP contribution < -0.4 is 11.1 Å². The van der Waals surface area contributed by atoms with Crippen LogP contribution in [0.1, 0.15) is 34.3 Å². The normalized spacial score (nSPS) is 15.8. The first kappa shape index (κ1) is 20.6. The zero-order chi connectivity index (χ0) is 17.9. The first-order valence-corrected chi connectivity index (χ1v) is 8.86. The molecule has 0 saturated carbocycles. The fourth-order valence-corrected chi connectivity index (χ4v) is 3.57. The Morgan fingerprint density at radius 2 is 1.96 bits per heavy atom. The van der Waals surface area contributed by atoms with Gasteiger partial charge in [-0.25, -0.2) is 0 Å². The summed E-state index contributed by atoms with van der Waals surface area (Å²) in [6.07, 6.45) is 1.70. The van der Waals surface area contributed by atoms with Gasteiger partial charge in [0.2, 0.25) is 0 Å². The molecule has 1 heterocycles. The lowest BCUT2D eigenvalue weighted by atomic mass is 9.74. The van der Waals surface area contributed by atoms with E-state index < -0.39 is 0 Å². The predicted octanol–water partition coefficient (Wildman–Crippen LogP) is 4.13. The highest BCUT2D eigenvalue weighted by Gasteiger charge is 2.35. The first-order valence-electron chi connectivity index (χ1n) is 8.48. The summed E-state index contributed by atoms with van der Waals surface area (Å²) in [5.74, 6) is -0.0994. The fourth-order valence-electron chi connectivity index (χ4n) is 3.38. The van der Waals surface area contributed by atoms with Crippen LogP contribution in [0.15, 0.2) is 42.5 Å². The van der Waals surface area contributed by atoms with Gasteiger partial charge in [0.25, 0.3) is 5.91 Å². The number of nitrogens with one attached hydrogen (secondary N) is 1. The van der Waals surface area contributed by atoms with Gasteiger partial charge in [-0.1, -0.05) is 29.8 Å². The lowest BCUT2D eigenvalue weighted by Crippen LogP contribution is -2.44. The smallest absolute Gasteiger partial charge is 0.251 e. The number of nitrogens with two attached hydrogens (primary N) is 1. The van der Waals surface area contributed by atoms with Gasteiger partial charge in [0.1, 0.15) is 0 Å². The molecule has 1 fully saturated rings. The van der Waals surface area contributed by atoms with Gasteiger partial charge in [-0.2, -0.15) is 0 Å². The van der Waals surface area contributed by atoms with Crippen LogP contribution >= 0.6 is 24.0 Å². The summed E-state index contributed by atoms with van der Waals surface area (Å²) in [4.78, 5) is 12.7. The minimum Gasteiger partial charge on any atom is -0.399 e. The van der Waals surface area contributed by atoms with Crippen LogP contribution in [-0.2, 0) is 10.2 Å². The molecule has 1 amide bonds. The van der Waals surface area contributed by atoms with Crippen molar-refractivity contribution in [3.05, 3.63) is 64.2 Å². The second kappa shape index (κ2) is 8.76. The van der Waals surface area contributed by atoms with E-state index in [4.69, 9.17) is 22.1 Å². The van der Waals surface area contributed by atoms with Crippen LogP contribution in [0, 0.1) is 6.92 Å². The van der Waals surface area contributed by atoms with Gasteiger partial charge in [-0.05, 0) is 55.2 Å². The first-order chi connectivity index (χ1) is 12.0. The number of ether oxygens (including phenoxy) is 1. The van der Waals surface area contributed by atoms with Crippen molar-refractivity contribution in [2.24, 2.45) is 0 Å². The van der Waals surface area contributed by atoms with Gasteiger partial charge in [-0.15, -0.1) is 12.4 Å². The topological polar surface area (TPSA) is 64.4 Å². The second-order valence-corrected chi connectivity index (χ2v) is 7.10. The van der Waals surface area contributed by atoms with Crippen molar-refractivity contribution in [3.8, 4) is 0 Å². The number of nitrogen functional groups attached to an aromatic ring is 1. The standard InChI is InChI=1S/C20H23ClN2O2.ClH/c1-14-5-6-17(22)12-18(14)19(24)23-13-20(7-9-25-10-8-20)15-3-2-4-16(21)11-15;/h2-6,11-12H,7-10,13,22H2,1H3,(H,23,24);1H. The van der Waals surface area contributed by atoms with Crippen LogP contribution in [0.4, 0.5) is 5.69 Å². The zero-order valence-corrected chi connectivity index (χ0v) is 16.3. The minimum absolute atomic E-state index is 0. The van der Waals surface area contributed by atoms with E-state index in [0.717, 1.165) is 24.0 Å². The van der Waals surface area contributed by atoms with Crippen molar-refractivity contribution < 1.29 is 9.53 Å². The third-order valence-corrected chi connectivity index (χ3v) is 5.22. The van der Waals surface area contributed by atoms with Crippen molar-refractivity contribution in [1.82, 2.24) is 5.32 Å². The molecule has 1 saturated heterocycles. The molecule has 2 aromatic carbocycles. The quantitative estimate of drug-likeness (QED) is 0.766. The van der Waals surface area contributed by atoms with Gasteiger partial charge >= 0.3 is 0 Å². The molecule has 3 N–H and O–H groups in total. The van der Waals surface area contributed by atoms with E-state index in [-0.39, 0.29) is 23.7 Å². The maximum Gasteiger partial charge on any atom is 0.251 e. The average Bonchev–Trinajstić information content (AvgIpc) is 2.62. The van der Waals surface area contributed by atoms with Gasteiger partial charge in [0.15, 0.2) is 0 Å². The molecule has 3 rings (SSSR count). The van der Waals surface area contributed by atoms with Crippen LogP contribution in [0.3, 0.4) is 0 Å². The van der Waals surface area contributed by atoms with E-state index in [1.54, 1.807) is 12.1 Å². The number of halogens is 2. The number of carbonyl (C=O) groups is 1. The van der Waals surface area contributed by atoms with E-state index in [2.05, 4.69) is 11.4 Å². The Bertz CT molecular complexity index is 774. The summed E-state index contributed by atoms with van der Waals surface area (Å²) in [5.41, 5.74) is 8.93. The molecule has 1 aliphatic rings. The van der Waals surface area contributed by atoms with Crippen LogP contribution in [-0.4, -0.2) is 25.7 Å². The average molecular weight is 395 g/mol. The molecule has 0 bridgehead atoms. The number of anilines is 1. The molecule has 0 spiro atoms. The van der Waals surface area contributed by atoms with Gasteiger partial charge < -0.3 is 15.8 Å². The molecule has 26 heavy (non-hydrogen) atoms. The SMILES string of the molecule is Cc1ccc(N)cc1C(=O)NCC1(c2cccc(Cl)c2)CCOCC1.Cl. The summed E-state index contributed by atoms with van der Waals surface area (Å²) in [5, 5.41) is 3.81. The Labute approximate surface area is 165 Å². The van der Waals surface area contributed by atoms with Crippen LogP contribution in [0.2, 0.25) is 5.02 Å². The summed E-state index contributed by atoms with van der Waals surface area (Å²) in [7, 11) is 0. The minimum atomic E-state index is -0.160. The number of amides is 1. The lowest BCUT2D eigenvalue weighted by Gasteiger charge is -2.38. The fraction of sp³-hybridized carbons (Fsp3) is 0.350. The number of carbonyl (C=O) groups excluding carboxylic acids is 1. The van der Waals surface area contributed by atoms with Crippen LogP contribution in [0.5, 0.6) is 0 Å². The highest BCUT2D eigenvalue weighted by molar-refractivity contribution is 6.30. The van der Waals surface area contributed by atoms with E-state index in [9.17, 15) is 4.79 Å². The van der Waals surface area contributed by atoms with Gasteiger partial charge in [-0.3, -0.25) is 4.79 Å². The molecule has 1 aliphatic heterocycles. The second-order valence-electron chi connectivity index (χ2n) is 6.66. The number of hydrogen-bond donors (Lipinski definition) is 2. The third kappa shape index (κ3) is 4.50. The largest absolute Gasteiger partial charge is 0.399 e. The molecule has 0 radical (unpaired) electrons. The summed E-state index contributed by atoms with van der Waals surface area (Å²) >= 11 is 6.19. The van der Waals surface area contributed by atoms with Crippen molar-refractivity contribution in [1.29, 1.82) is 0 Å². The van der Waals surface area contributed by atoms with Crippen molar-refractivity contribution >= 4 is 35.6 Å². The molecule has 2 aromatic rings. The van der Waals surface area contributed by atoms with Crippen molar-refractivity contribution in [3.63, 3.8) is 0 Å². The molecule has 0 aliphatic carbocycles. The van der Waals surface area contributed by atoms with Crippen molar-refractivity contribution in [2.45, 2.75) is 25.2 Å². The molecular formula is C20H24Cl2N2O2. The summed E-state index contributed by atoms with van der Waals surface area (Å²) < 4.78 is 5.54. The number of benzene rings is 2. The highest BCUT2D eigenvalue weighted by Crippen LogP contribution is 2.35. The maximum absolute atomic E-state index is 12.7. The van der Waals surface area contributed by atoms with E-state index >= 15 is 0 Å². The van der Waals surface area contributed by atoms with E-state index in [1.165, 1.54) is 0 Å². The molecule has 140 valence electrons. The Morgan fingerprint density at radius 3 is 2.65 bits per heavy atom. The predicted molar refractivity (Wildman–Crippen MR) is 108 cm³/mol. The summed E-state index contributed by atoms with van der Waals surface area (Å²) in [6.45, 7) is 3.82. The number of rotatable bonds is 4.